The monoisotopic (exact) mass is 170 g/mol. The molecule has 6 nitrogen and oxygen atoms in total. The predicted octanol–water partition coefficient (Wildman–Crippen LogP) is -2.82. The molecule has 0 spiro atoms. The molecule has 0 atom stereocenters. The second-order valence-corrected chi connectivity index (χ2v) is 2.65. The smallest absolute Gasteiger partial charge is 0.109 e. The van der Waals surface area contributed by atoms with Crippen LogP contribution in [0.5, 0.6) is 0 Å². The van der Waals surface area contributed by atoms with Crippen molar-refractivity contribution >= 4 is 7.82 Å². The van der Waals surface area contributed by atoms with E-state index in [-0.39, 0.29) is 0 Å². The number of phosphoric ester groups is 1. The van der Waals surface area contributed by atoms with Gasteiger partial charge < -0.3 is 29.1 Å². The Balaban J connectivity index is 3.75. The minimum atomic E-state index is -5.07. The molecule has 7 heteroatoms. The van der Waals surface area contributed by atoms with Crippen molar-refractivity contribution in [3.63, 3.8) is 0 Å². The van der Waals surface area contributed by atoms with Gasteiger partial charge in [-0.15, -0.1) is 0 Å². The van der Waals surface area contributed by atoms with Crippen LogP contribution in [0.25, 0.3) is 0 Å². The molecule has 0 aromatic carbocycles. The Morgan fingerprint density at radius 2 is 1.80 bits per heavy atom. The molecule has 0 unspecified atom stereocenters. The summed E-state index contributed by atoms with van der Waals surface area (Å²) < 4.78 is 13.5. The Kier molecular flexibility index (Phi) is 4.04. The quantitative estimate of drug-likeness (QED) is 0.440. The normalized spacial score (nSPS) is 12.5. The molecule has 0 radical (unpaired) electrons. The van der Waals surface area contributed by atoms with Gasteiger partial charge in [-0.05, 0) is 0 Å². The summed E-state index contributed by atoms with van der Waals surface area (Å²) in [5.41, 5.74) is 0. The standard InChI is InChI=1S/C3H9O6P/c4-1-3(2-5)9-10(6,7)8/h3-5H,1-2H2,(H2,6,7,8)/p-2. The fourth-order valence-corrected chi connectivity index (χ4v) is 0.805. The Hall–Kier alpha value is 0.0300. The Labute approximate surface area is 57.3 Å². The third-order valence-electron chi connectivity index (χ3n) is 0.685. The molecule has 0 aromatic rings. The number of aliphatic hydroxyl groups excluding tert-OH is 2. The van der Waals surface area contributed by atoms with Crippen LogP contribution in [0.4, 0.5) is 0 Å². The first kappa shape index (κ1) is 10.0. The van der Waals surface area contributed by atoms with E-state index in [1.165, 1.54) is 0 Å². The van der Waals surface area contributed by atoms with Gasteiger partial charge in [-0.2, -0.15) is 0 Å². The average Bonchev–Trinajstić information content (AvgIpc) is 1.81. The third kappa shape index (κ3) is 4.87. The lowest BCUT2D eigenvalue weighted by Crippen LogP contribution is -2.27. The van der Waals surface area contributed by atoms with Gasteiger partial charge in [0.1, 0.15) is 6.10 Å². The van der Waals surface area contributed by atoms with Gasteiger partial charge in [0.15, 0.2) is 0 Å². The van der Waals surface area contributed by atoms with Crippen LogP contribution in [0, 0.1) is 0 Å². The second-order valence-electron chi connectivity index (χ2n) is 1.54. The van der Waals surface area contributed by atoms with E-state index in [2.05, 4.69) is 4.52 Å². The van der Waals surface area contributed by atoms with E-state index >= 15 is 0 Å². The summed E-state index contributed by atoms with van der Waals surface area (Å²) in [4.78, 5) is 19.6. The summed E-state index contributed by atoms with van der Waals surface area (Å²) in [5, 5.41) is 16.4. The highest BCUT2D eigenvalue weighted by atomic mass is 31.2. The molecule has 0 rings (SSSR count). The van der Waals surface area contributed by atoms with Crippen molar-refractivity contribution in [3.8, 4) is 0 Å². The average molecular weight is 170 g/mol. The third-order valence-corrected chi connectivity index (χ3v) is 1.24. The summed E-state index contributed by atoms with van der Waals surface area (Å²) in [6, 6.07) is 0. The van der Waals surface area contributed by atoms with Gasteiger partial charge in [-0.25, -0.2) is 0 Å². The highest BCUT2D eigenvalue weighted by Gasteiger charge is 2.06. The largest absolute Gasteiger partial charge is 0.790 e. The molecule has 0 saturated carbocycles. The van der Waals surface area contributed by atoms with Crippen molar-refractivity contribution < 1.29 is 29.1 Å². The van der Waals surface area contributed by atoms with Crippen LogP contribution in [0.2, 0.25) is 0 Å². The Bertz CT molecular complexity index is 125. The van der Waals surface area contributed by atoms with E-state index in [9.17, 15) is 14.4 Å². The van der Waals surface area contributed by atoms with Crippen LogP contribution in [-0.4, -0.2) is 29.5 Å². The number of hydrogen-bond acceptors (Lipinski definition) is 6. The maximum atomic E-state index is 9.79. The van der Waals surface area contributed by atoms with Gasteiger partial charge >= 0.3 is 0 Å². The molecule has 0 aromatic heterocycles. The van der Waals surface area contributed by atoms with Crippen molar-refractivity contribution in [2.75, 3.05) is 13.2 Å². The summed E-state index contributed by atoms with van der Waals surface area (Å²) in [5.74, 6) is 0. The van der Waals surface area contributed by atoms with Crippen molar-refractivity contribution in [1.82, 2.24) is 0 Å². The van der Waals surface area contributed by atoms with Gasteiger partial charge in [0.05, 0.1) is 21.0 Å². The maximum absolute atomic E-state index is 9.79. The van der Waals surface area contributed by atoms with Gasteiger partial charge in [0.25, 0.3) is 0 Å². The van der Waals surface area contributed by atoms with E-state index in [0.29, 0.717) is 0 Å². The number of aliphatic hydroxyl groups is 2. The second kappa shape index (κ2) is 4.02. The minimum Gasteiger partial charge on any atom is -0.790 e. The molecule has 0 aliphatic heterocycles. The van der Waals surface area contributed by atoms with E-state index in [0.717, 1.165) is 0 Å². The van der Waals surface area contributed by atoms with Gasteiger partial charge in [0, 0.05) is 0 Å². The van der Waals surface area contributed by atoms with Gasteiger partial charge in [0.2, 0.25) is 0 Å². The molecular formula is C3H7O6P-2. The van der Waals surface area contributed by atoms with Crippen molar-refractivity contribution in [2.45, 2.75) is 6.10 Å². The van der Waals surface area contributed by atoms with Crippen LogP contribution >= 0.6 is 7.82 Å². The molecule has 0 heterocycles. The van der Waals surface area contributed by atoms with Crippen LogP contribution in [0.1, 0.15) is 0 Å². The molecule has 0 bridgehead atoms. The maximum Gasteiger partial charge on any atom is 0.109 e. The predicted molar refractivity (Wildman–Crippen MR) is 26.7 cm³/mol. The SMILES string of the molecule is O=P([O-])([O-])OC(CO)CO. The minimum absolute atomic E-state index is 0.703. The van der Waals surface area contributed by atoms with Crippen LogP contribution < -0.4 is 9.79 Å². The van der Waals surface area contributed by atoms with Crippen molar-refractivity contribution in [2.24, 2.45) is 0 Å². The summed E-state index contributed by atoms with van der Waals surface area (Å²) in [7, 11) is -5.07. The number of rotatable bonds is 4. The lowest BCUT2D eigenvalue weighted by Gasteiger charge is -2.31. The molecule has 0 saturated heterocycles. The zero-order valence-electron chi connectivity index (χ0n) is 4.97. The lowest BCUT2D eigenvalue weighted by molar-refractivity contribution is -0.346. The first-order chi connectivity index (χ1) is 4.49. The van der Waals surface area contributed by atoms with E-state index in [4.69, 9.17) is 10.2 Å². The fourth-order valence-electron chi connectivity index (χ4n) is 0.307. The molecular weight excluding hydrogens is 163 g/mol. The molecule has 10 heavy (non-hydrogen) atoms. The molecule has 2 N–H and O–H groups in total. The topological polar surface area (TPSA) is 113 Å². The zero-order valence-corrected chi connectivity index (χ0v) is 5.86. The Morgan fingerprint density at radius 3 is 1.90 bits per heavy atom. The zero-order chi connectivity index (χ0) is 8.20. The molecule has 0 aliphatic rings. The van der Waals surface area contributed by atoms with E-state index in [1.807, 2.05) is 0 Å². The summed E-state index contributed by atoms with van der Waals surface area (Å²) >= 11 is 0. The number of phosphoric acid groups is 1. The Morgan fingerprint density at radius 1 is 1.40 bits per heavy atom. The highest BCUT2D eigenvalue weighted by Crippen LogP contribution is 2.26. The molecule has 0 fully saturated rings. The van der Waals surface area contributed by atoms with E-state index in [1.54, 1.807) is 0 Å². The van der Waals surface area contributed by atoms with Gasteiger partial charge in [-0.1, -0.05) is 0 Å². The first-order valence-electron chi connectivity index (χ1n) is 2.41. The summed E-state index contributed by atoms with van der Waals surface area (Å²) in [6.07, 6.45) is -1.33. The summed E-state index contributed by atoms with van der Waals surface area (Å²) in [6.45, 7) is -1.41. The van der Waals surface area contributed by atoms with Crippen LogP contribution in [0.15, 0.2) is 0 Å². The fraction of sp³-hybridized carbons (Fsp3) is 1.00. The number of hydrogen-bond donors (Lipinski definition) is 2. The molecule has 0 aliphatic carbocycles. The molecule has 0 amide bonds. The van der Waals surface area contributed by atoms with Crippen molar-refractivity contribution in [3.05, 3.63) is 0 Å². The highest BCUT2D eigenvalue weighted by molar-refractivity contribution is 7.43. The van der Waals surface area contributed by atoms with Crippen molar-refractivity contribution in [1.29, 1.82) is 0 Å². The van der Waals surface area contributed by atoms with E-state index < -0.39 is 27.1 Å². The molecule has 62 valence electrons. The lowest BCUT2D eigenvalue weighted by atomic mass is 10.4. The van der Waals surface area contributed by atoms with Gasteiger partial charge in [-0.3, -0.25) is 0 Å². The van der Waals surface area contributed by atoms with Crippen LogP contribution in [-0.2, 0) is 9.09 Å². The van der Waals surface area contributed by atoms with Crippen LogP contribution in [0.3, 0.4) is 0 Å². The first-order valence-corrected chi connectivity index (χ1v) is 3.88.